The largest absolute Gasteiger partial charge is 0.418 e. The fourth-order valence-electron chi connectivity index (χ4n) is 2.37. The number of hydrogen-bond acceptors (Lipinski definition) is 3. The van der Waals surface area contributed by atoms with Gasteiger partial charge in [0.15, 0.2) is 0 Å². The Balaban J connectivity index is 2.26. The van der Waals surface area contributed by atoms with E-state index in [0.717, 1.165) is 22.5 Å². The van der Waals surface area contributed by atoms with E-state index in [9.17, 15) is 26.4 Å². The number of nitrogens with one attached hydrogen (secondary N) is 1. The van der Waals surface area contributed by atoms with Crippen LogP contribution in [-0.4, -0.2) is 31.7 Å². The Morgan fingerprint density at radius 2 is 1.79 bits per heavy atom. The maximum atomic E-state index is 13.0. The van der Waals surface area contributed by atoms with Crippen LogP contribution in [0.25, 0.3) is 0 Å². The molecule has 0 heterocycles. The van der Waals surface area contributed by atoms with Crippen molar-refractivity contribution >= 4 is 44.8 Å². The highest BCUT2D eigenvalue weighted by Gasteiger charge is 2.34. The predicted molar refractivity (Wildman–Crippen MR) is 101 cm³/mol. The van der Waals surface area contributed by atoms with Crippen molar-refractivity contribution in [1.82, 2.24) is 4.31 Å². The van der Waals surface area contributed by atoms with Gasteiger partial charge < -0.3 is 5.32 Å². The highest BCUT2D eigenvalue weighted by Crippen LogP contribution is 2.34. The van der Waals surface area contributed by atoms with E-state index in [1.165, 1.54) is 31.2 Å². The number of carbonyl (C=O) groups is 1. The minimum atomic E-state index is -4.67. The highest BCUT2D eigenvalue weighted by molar-refractivity contribution is 7.89. The van der Waals surface area contributed by atoms with E-state index in [4.69, 9.17) is 23.2 Å². The van der Waals surface area contributed by atoms with Crippen LogP contribution < -0.4 is 5.32 Å². The molecule has 2 rings (SSSR count). The van der Waals surface area contributed by atoms with Gasteiger partial charge in [0.2, 0.25) is 15.9 Å². The molecule has 5 nitrogen and oxygen atoms in total. The summed E-state index contributed by atoms with van der Waals surface area (Å²) in [6.45, 7) is 0.667. The zero-order valence-electron chi connectivity index (χ0n) is 14.4. The second-order valence-corrected chi connectivity index (χ2v) is 8.35. The summed E-state index contributed by atoms with van der Waals surface area (Å²) in [5.74, 6) is -0.930. The van der Waals surface area contributed by atoms with E-state index < -0.39 is 39.9 Å². The van der Waals surface area contributed by atoms with Gasteiger partial charge in [-0.3, -0.25) is 4.79 Å². The summed E-state index contributed by atoms with van der Waals surface area (Å²) in [5, 5.41) is 2.14. The summed E-state index contributed by atoms with van der Waals surface area (Å²) in [5.41, 5.74) is -1.50. The number of halogens is 5. The number of rotatable bonds is 6. The zero-order valence-corrected chi connectivity index (χ0v) is 16.8. The van der Waals surface area contributed by atoms with Crippen LogP contribution in [0.5, 0.6) is 0 Å². The normalized spacial score (nSPS) is 12.2. The minimum absolute atomic E-state index is 0.0920. The molecule has 0 saturated heterocycles. The molecule has 0 bridgehead atoms. The maximum absolute atomic E-state index is 13.0. The summed E-state index contributed by atoms with van der Waals surface area (Å²) in [6, 6.07) is 8.24. The minimum Gasteiger partial charge on any atom is -0.324 e. The number of carbonyl (C=O) groups excluding carboxylic acids is 1. The second kappa shape index (κ2) is 8.69. The molecule has 0 radical (unpaired) electrons. The molecule has 0 unspecified atom stereocenters. The van der Waals surface area contributed by atoms with Gasteiger partial charge in [-0.05, 0) is 30.3 Å². The first-order valence-corrected chi connectivity index (χ1v) is 10.1. The zero-order chi connectivity index (χ0) is 21.1. The van der Waals surface area contributed by atoms with Crippen molar-refractivity contribution in [2.45, 2.75) is 18.0 Å². The Bertz CT molecular complexity index is 982. The van der Waals surface area contributed by atoms with E-state index in [1.807, 2.05) is 0 Å². The molecule has 0 atom stereocenters. The summed E-state index contributed by atoms with van der Waals surface area (Å²) < 4.78 is 65.4. The van der Waals surface area contributed by atoms with Gasteiger partial charge in [0.1, 0.15) is 4.90 Å². The van der Waals surface area contributed by atoms with E-state index in [2.05, 4.69) is 5.32 Å². The van der Waals surface area contributed by atoms with E-state index in [1.54, 1.807) is 0 Å². The molecule has 1 N–H and O–H groups in total. The van der Waals surface area contributed by atoms with Crippen LogP contribution >= 0.6 is 23.2 Å². The molecule has 0 saturated carbocycles. The van der Waals surface area contributed by atoms with Crippen molar-refractivity contribution in [3.05, 3.63) is 58.1 Å². The van der Waals surface area contributed by atoms with Gasteiger partial charge in [0.05, 0.1) is 22.8 Å². The van der Waals surface area contributed by atoms with Gasteiger partial charge in [-0.1, -0.05) is 42.3 Å². The lowest BCUT2D eigenvalue weighted by Crippen LogP contribution is -2.38. The molecule has 0 spiro atoms. The third-order valence-electron chi connectivity index (χ3n) is 3.69. The van der Waals surface area contributed by atoms with E-state index in [0.29, 0.717) is 0 Å². The smallest absolute Gasteiger partial charge is 0.324 e. The number of amides is 1. The lowest BCUT2D eigenvalue weighted by atomic mass is 10.1. The van der Waals surface area contributed by atoms with Crippen LogP contribution in [0.2, 0.25) is 10.0 Å². The van der Waals surface area contributed by atoms with Gasteiger partial charge in [-0.15, -0.1) is 0 Å². The summed E-state index contributed by atoms with van der Waals surface area (Å²) >= 11 is 11.7. The number of anilines is 1. The van der Waals surface area contributed by atoms with Crippen LogP contribution in [0.4, 0.5) is 18.9 Å². The number of likely N-dealkylation sites (N-methyl/N-ethyl adjacent to an activating group) is 1. The highest BCUT2D eigenvalue weighted by atomic mass is 35.5. The van der Waals surface area contributed by atoms with Crippen LogP contribution in [0.15, 0.2) is 47.4 Å². The monoisotopic (exact) mass is 454 g/mol. The van der Waals surface area contributed by atoms with Crippen LogP contribution in [0, 0.1) is 0 Å². The quantitative estimate of drug-likeness (QED) is 0.689. The molecule has 0 aliphatic heterocycles. The molecular formula is C17H15Cl2F3N2O3S. The molecule has 2 aromatic rings. The number of nitrogens with zero attached hydrogens (tertiary/aromatic N) is 1. The summed E-state index contributed by atoms with van der Waals surface area (Å²) in [4.78, 5) is 11.9. The van der Waals surface area contributed by atoms with E-state index in [-0.39, 0.29) is 21.5 Å². The van der Waals surface area contributed by atoms with Gasteiger partial charge in [-0.25, -0.2) is 8.42 Å². The number of benzene rings is 2. The van der Waals surface area contributed by atoms with Crippen molar-refractivity contribution in [3.8, 4) is 0 Å². The molecule has 0 aromatic heterocycles. The molecule has 2 aromatic carbocycles. The fraction of sp³-hybridized carbons (Fsp3) is 0.235. The van der Waals surface area contributed by atoms with Gasteiger partial charge in [-0.2, -0.15) is 17.5 Å². The molecular weight excluding hydrogens is 440 g/mol. The summed E-state index contributed by atoms with van der Waals surface area (Å²) in [7, 11) is -4.20. The topological polar surface area (TPSA) is 66.5 Å². The lowest BCUT2D eigenvalue weighted by molar-refractivity contribution is -0.137. The first-order valence-electron chi connectivity index (χ1n) is 7.88. The first-order chi connectivity index (χ1) is 13.0. The molecule has 11 heteroatoms. The second-order valence-electron chi connectivity index (χ2n) is 5.60. The number of para-hydroxylation sites is 1. The number of sulfonamides is 1. The van der Waals surface area contributed by atoms with Crippen LogP contribution in [-0.2, 0) is 21.0 Å². The third-order valence-corrected chi connectivity index (χ3v) is 6.33. The summed E-state index contributed by atoms with van der Waals surface area (Å²) in [6.07, 6.45) is -4.67. The van der Waals surface area contributed by atoms with Gasteiger partial charge in [0, 0.05) is 11.6 Å². The Hall–Kier alpha value is -1.81. The maximum Gasteiger partial charge on any atom is 0.418 e. The van der Waals surface area contributed by atoms with E-state index >= 15 is 0 Å². The fourth-order valence-corrected chi connectivity index (χ4v) is 4.51. The van der Waals surface area contributed by atoms with Crippen LogP contribution in [0.1, 0.15) is 12.5 Å². The van der Waals surface area contributed by atoms with Crippen LogP contribution in [0.3, 0.4) is 0 Å². The first kappa shape index (κ1) is 22.5. The lowest BCUT2D eigenvalue weighted by Gasteiger charge is -2.21. The van der Waals surface area contributed by atoms with Crippen molar-refractivity contribution in [1.29, 1.82) is 0 Å². The molecule has 28 heavy (non-hydrogen) atoms. The molecule has 0 aliphatic rings. The van der Waals surface area contributed by atoms with Gasteiger partial charge in [0.25, 0.3) is 0 Å². The van der Waals surface area contributed by atoms with Crippen molar-refractivity contribution in [2.24, 2.45) is 0 Å². The Morgan fingerprint density at radius 1 is 1.14 bits per heavy atom. The Morgan fingerprint density at radius 3 is 2.39 bits per heavy atom. The standard InChI is InChI=1S/C17H15Cl2F3N2O3S/c1-2-24(28(26,27)15-9-11(18)7-8-13(15)19)10-16(25)23-14-6-4-3-5-12(14)17(20,21)22/h3-9H,2,10H2,1H3,(H,23,25). The van der Waals surface area contributed by atoms with Crippen molar-refractivity contribution in [2.75, 3.05) is 18.4 Å². The molecule has 0 fully saturated rings. The Kier molecular flexibility index (Phi) is 6.97. The number of hydrogen-bond donors (Lipinski definition) is 1. The Labute approximate surface area is 170 Å². The molecule has 152 valence electrons. The average Bonchev–Trinajstić information content (AvgIpc) is 2.61. The average molecular weight is 455 g/mol. The third kappa shape index (κ3) is 5.16. The molecule has 0 aliphatic carbocycles. The van der Waals surface area contributed by atoms with Gasteiger partial charge >= 0.3 is 6.18 Å². The van der Waals surface area contributed by atoms with Crippen molar-refractivity contribution in [3.63, 3.8) is 0 Å². The van der Waals surface area contributed by atoms with Crippen molar-refractivity contribution < 1.29 is 26.4 Å². The molecule has 1 amide bonds. The SMILES string of the molecule is CCN(CC(=O)Nc1ccccc1C(F)(F)F)S(=O)(=O)c1cc(Cl)ccc1Cl. The number of alkyl halides is 3. The predicted octanol–water partition coefficient (Wildman–Crippen LogP) is 4.66.